The van der Waals surface area contributed by atoms with E-state index in [1.165, 1.54) is 29.5 Å². The summed E-state index contributed by atoms with van der Waals surface area (Å²) < 4.78 is 0. The van der Waals surface area contributed by atoms with Crippen molar-refractivity contribution in [3.8, 4) is 0 Å². The van der Waals surface area contributed by atoms with Crippen molar-refractivity contribution in [1.82, 2.24) is 14.9 Å². The highest BCUT2D eigenvalue weighted by molar-refractivity contribution is 6.07. The van der Waals surface area contributed by atoms with Crippen molar-refractivity contribution in [2.24, 2.45) is 5.92 Å². The number of hydrogen-bond acceptors (Lipinski definition) is 3. The predicted molar refractivity (Wildman–Crippen MR) is 121 cm³/mol. The van der Waals surface area contributed by atoms with Crippen LogP contribution in [-0.4, -0.2) is 39.8 Å². The lowest BCUT2D eigenvalue weighted by Crippen LogP contribution is -2.44. The lowest BCUT2D eigenvalue weighted by Gasteiger charge is -2.32. The van der Waals surface area contributed by atoms with Crippen LogP contribution in [0.4, 0.5) is 5.82 Å². The fraction of sp³-hybridized carbons (Fsp3) is 0.400. The maximum atomic E-state index is 13.5. The molecule has 1 unspecified atom stereocenters. The number of aryl methyl sites for hydroxylation is 3. The third kappa shape index (κ3) is 3.71. The van der Waals surface area contributed by atoms with Crippen molar-refractivity contribution in [2.75, 3.05) is 18.4 Å². The molecular weight excluding hydrogens is 388 g/mol. The zero-order chi connectivity index (χ0) is 21.4. The van der Waals surface area contributed by atoms with Crippen LogP contribution in [0, 0.1) is 12.8 Å². The van der Waals surface area contributed by atoms with E-state index in [9.17, 15) is 9.59 Å². The second-order valence-corrected chi connectivity index (χ2v) is 8.77. The average molecular weight is 417 g/mol. The van der Waals surface area contributed by atoms with Crippen LogP contribution in [-0.2, 0) is 17.6 Å². The van der Waals surface area contributed by atoms with Crippen molar-refractivity contribution in [1.29, 1.82) is 0 Å². The van der Waals surface area contributed by atoms with Crippen LogP contribution in [0.5, 0.6) is 0 Å². The summed E-state index contributed by atoms with van der Waals surface area (Å²) in [7, 11) is 0. The zero-order valence-electron chi connectivity index (χ0n) is 17.9. The minimum absolute atomic E-state index is 0.00992. The molecule has 5 rings (SSSR count). The Balaban J connectivity index is 1.36. The van der Waals surface area contributed by atoms with E-state index in [4.69, 9.17) is 0 Å². The molecule has 1 aliphatic heterocycles. The van der Waals surface area contributed by atoms with Crippen molar-refractivity contribution < 1.29 is 9.59 Å². The summed E-state index contributed by atoms with van der Waals surface area (Å²) in [5.41, 5.74) is 5.26. The number of carbonyl (C=O) groups excluding carboxylic acids is 2. The number of amides is 2. The predicted octanol–water partition coefficient (Wildman–Crippen LogP) is 4.24. The molecule has 0 saturated carbocycles. The summed E-state index contributed by atoms with van der Waals surface area (Å²) >= 11 is 0. The van der Waals surface area contributed by atoms with Gasteiger partial charge in [0.15, 0.2) is 0 Å². The van der Waals surface area contributed by atoms with Gasteiger partial charge in [-0.05, 0) is 68.7 Å². The topological polar surface area (TPSA) is 78.1 Å². The molecule has 6 heteroatoms. The fourth-order valence-corrected chi connectivity index (χ4v) is 4.99. The molecule has 6 nitrogen and oxygen atoms in total. The number of hydrogen-bond donors (Lipinski definition) is 2. The van der Waals surface area contributed by atoms with Gasteiger partial charge >= 0.3 is 0 Å². The number of nitrogens with zero attached hydrogens (tertiary/aromatic N) is 2. The molecular formula is C25H28N4O2. The van der Waals surface area contributed by atoms with Gasteiger partial charge in [-0.15, -0.1) is 0 Å². The van der Waals surface area contributed by atoms with Gasteiger partial charge in [-0.1, -0.05) is 18.2 Å². The van der Waals surface area contributed by atoms with Gasteiger partial charge < -0.3 is 15.2 Å². The van der Waals surface area contributed by atoms with Gasteiger partial charge in [0.25, 0.3) is 5.91 Å². The van der Waals surface area contributed by atoms with Crippen molar-refractivity contribution >= 4 is 28.5 Å². The summed E-state index contributed by atoms with van der Waals surface area (Å²) in [6, 6.07) is 9.79. The van der Waals surface area contributed by atoms with Crippen molar-refractivity contribution in [3.63, 3.8) is 0 Å². The number of anilines is 1. The Morgan fingerprint density at radius 3 is 2.87 bits per heavy atom. The molecule has 3 aromatic rings. The highest BCUT2D eigenvalue weighted by atomic mass is 16.2. The molecule has 1 fully saturated rings. The fourth-order valence-electron chi connectivity index (χ4n) is 4.99. The minimum Gasteiger partial charge on any atom is -0.358 e. The van der Waals surface area contributed by atoms with Crippen molar-refractivity contribution in [3.05, 3.63) is 58.9 Å². The molecule has 1 aromatic carbocycles. The number of carbonyl (C=O) groups is 2. The number of aromatic nitrogens is 2. The number of benzene rings is 1. The molecule has 1 aliphatic carbocycles. The van der Waals surface area contributed by atoms with Crippen molar-refractivity contribution in [2.45, 2.75) is 45.4 Å². The van der Waals surface area contributed by atoms with Crippen LogP contribution in [0.25, 0.3) is 10.9 Å². The Bertz CT molecular complexity index is 1150. The van der Waals surface area contributed by atoms with Crippen LogP contribution in [0.1, 0.15) is 52.9 Å². The Hall–Kier alpha value is -3.15. The largest absolute Gasteiger partial charge is 0.358 e. The molecule has 1 atom stereocenters. The van der Waals surface area contributed by atoms with Gasteiger partial charge in [0.1, 0.15) is 5.82 Å². The van der Waals surface area contributed by atoms with Gasteiger partial charge in [-0.3, -0.25) is 9.59 Å². The van der Waals surface area contributed by atoms with E-state index < -0.39 is 0 Å². The number of H-pyrrole nitrogens is 1. The molecule has 3 heterocycles. The van der Waals surface area contributed by atoms with Gasteiger partial charge in [0, 0.05) is 30.4 Å². The summed E-state index contributed by atoms with van der Waals surface area (Å²) in [6.07, 6.45) is 7.81. The second kappa shape index (κ2) is 8.17. The van der Waals surface area contributed by atoms with Crippen LogP contribution in [0.2, 0.25) is 0 Å². The van der Waals surface area contributed by atoms with Gasteiger partial charge in [0.2, 0.25) is 5.91 Å². The van der Waals surface area contributed by atoms with Gasteiger partial charge in [-0.25, -0.2) is 4.98 Å². The summed E-state index contributed by atoms with van der Waals surface area (Å²) in [4.78, 5) is 36.0. The number of fused-ring (bicyclic) bond motifs is 3. The number of piperidine rings is 1. The molecule has 2 aliphatic rings. The van der Waals surface area contributed by atoms with Crippen LogP contribution in [0.15, 0.2) is 36.5 Å². The minimum atomic E-state index is -0.227. The van der Waals surface area contributed by atoms with Crippen LogP contribution >= 0.6 is 0 Å². The number of aromatic amines is 1. The lowest BCUT2D eigenvalue weighted by molar-refractivity contribution is -0.121. The Morgan fingerprint density at radius 2 is 2.00 bits per heavy atom. The maximum Gasteiger partial charge on any atom is 0.256 e. The van der Waals surface area contributed by atoms with Gasteiger partial charge in [-0.2, -0.15) is 0 Å². The molecule has 2 N–H and O–H groups in total. The highest BCUT2D eigenvalue weighted by Crippen LogP contribution is 2.32. The highest BCUT2D eigenvalue weighted by Gasteiger charge is 2.30. The number of para-hydroxylation sites is 1. The number of rotatable bonds is 3. The maximum absolute atomic E-state index is 13.5. The molecule has 0 spiro atoms. The first-order valence-electron chi connectivity index (χ1n) is 11.3. The van der Waals surface area contributed by atoms with E-state index in [0.717, 1.165) is 36.8 Å². The number of likely N-dealkylation sites (tertiary alicyclic amines) is 1. The quantitative estimate of drug-likeness (QED) is 0.670. The van der Waals surface area contributed by atoms with E-state index >= 15 is 0 Å². The Labute approximate surface area is 182 Å². The molecule has 1 saturated heterocycles. The van der Waals surface area contributed by atoms with Gasteiger partial charge in [0.05, 0.1) is 17.0 Å². The second-order valence-electron chi connectivity index (χ2n) is 8.77. The summed E-state index contributed by atoms with van der Waals surface area (Å²) in [5, 5.41) is 4.13. The summed E-state index contributed by atoms with van der Waals surface area (Å²) in [6.45, 7) is 3.05. The molecule has 2 aromatic heterocycles. The first-order chi connectivity index (χ1) is 15.1. The molecule has 0 radical (unpaired) electrons. The molecule has 31 heavy (non-hydrogen) atoms. The smallest absolute Gasteiger partial charge is 0.256 e. The lowest BCUT2D eigenvalue weighted by atomic mass is 9.94. The normalized spacial score (nSPS) is 18.6. The van der Waals surface area contributed by atoms with E-state index in [1.807, 2.05) is 36.1 Å². The Morgan fingerprint density at radius 1 is 1.13 bits per heavy atom. The van der Waals surface area contributed by atoms with E-state index in [1.54, 1.807) is 6.20 Å². The summed E-state index contributed by atoms with van der Waals surface area (Å²) in [5.74, 6) is 0.316. The Kier molecular flexibility index (Phi) is 5.22. The van der Waals surface area contributed by atoms with Crippen LogP contribution < -0.4 is 5.32 Å². The SMILES string of the molecule is Cc1cccnc1NC(=O)C1CCCN(C(=O)c2cccc3c4c([nH]c23)CCCC4)C1. The van der Waals surface area contributed by atoms with Crippen LogP contribution in [0.3, 0.4) is 0 Å². The third-order valence-electron chi connectivity index (χ3n) is 6.69. The number of nitrogens with one attached hydrogen (secondary N) is 2. The van der Waals surface area contributed by atoms with E-state index in [0.29, 0.717) is 24.5 Å². The van der Waals surface area contributed by atoms with E-state index in [2.05, 4.69) is 21.4 Å². The van der Waals surface area contributed by atoms with E-state index in [-0.39, 0.29) is 17.7 Å². The molecule has 0 bridgehead atoms. The third-order valence-corrected chi connectivity index (χ3v) is 6.69. The molecule has 2 amide bonds. The first kappa shape index (κ1) is 19.8. The standard InChI is InChI=1S/C25H28N4O2/c1-16-7-5-13-26-23(16)28-24(30)17-8-6-14-29(15-17)25(31)20-11-4-10-19-18-9-2-3-12-21(18)27-22(19)20/h4-5,7,10-11,13,17,27H,2-3,6,8-9,12,14-15H2,1H3,(H,26,28,30). The monoisotopic (exact) mass is 416 g/mol. The average Bonchev–Trinajstić information content (AvgIpc) is 3.19. The zero-order valence-corrected chi connectivity index (χ0v) is 17.9. The first-order valence-corrected chi connectivity index (χ1v) is 11.3. The number of pyridine rings is 1. The molecule has 160 valence electrons.